The van der Waals surface area contributed by atoms with Crippen LogP contribution in [0.2, 0.25) is 0 Å². The number of ether oxygens (including phenoxy) is 1. The zero-order valence-electron chi connectivity index (χ0n) is 11.3. The van der Waals surface area contributed by atoms with Crippen LogP contribution in [0, 0.1) is 0 Å². The smallest absolute Gasteiger partial charge is 0.235 e. The summed E-state index contributed by atoms with van der Waals surface area (Å²) >= 11 is 1.45. The van der Waals surface area contributed by atoms with Gasteiger partial charge in [-0.15, -0.1) is 10.2 Å². The van der Waals surface area contributed by atoms with Gasteiger partial charge in [0.15, 0.2) is 10.8 Å². The number of aromatic nitrogens is 5. The van der Waals surface area contributed by atoms with E-state index in [0.29, 0.717) is 17.3 Å². The first-order chi connectivity index (χ1) is 10.3. The first kappa shape index (κ1) is 12.7. The second-order valence-electron chi connectivity index (χ2n) is 4.99. The van der Waals surface area contributed by atoms with E-state index in [1.807, 2.05) is 16.6 Å². The van der Waals surface area contributed by atoms with Crippen molar-refractivity contribution in [1.82, 2.24) is 24.8 Å². The van der Waals surface area contributed by atoms with Gasteiger partial charge in [0.2, 0.25) is 4.96 Å². The third kappa shape index (κ3) is 2.16. The Labute approximate surface area is 124 Å². The maximum atomic E-state index is 5.97. The molecule has 0 bridgehead atoms. The lowest BCUT2D eigenvalue weighted by atomic mass is 10.00. The molecule has 8 heteroatoms. The van der Waals surface area contributed by atoms with Gasteiger partial charge in [-0.05, 0) is 25.0 Å². The summed E-state index contributed by atoms with van der Waals surface area (Å²) in [6, 6.07) is 3.64. The zero-order valence-corrected chi connectivity index (χ0v) is 12.1. The summed E-state index contributed by atoms with van der Waals surface area (Å²) < 4.78 is 7.22. The van der Waals surface area contributed by atoms with Crippen LogP contribution in [-0.4, -0.2) is 38.0 Å². The number of fused-ring (bicyclic) bond motifs is 1. The summed E-state index contributed by atoms with van der Waals surface area (Å²) in [5.74, 6) is 1.26. The van der Waals surface area contributed by atoms with E-state index in [9.17, 15) is 0 Å². The standard InChI is InChI=1S/C13H14N6OS/c14-9-2-1-5-15-10(9)12-18-19-11(16-17-13(19)21-12)8-3-6-20-7-4-8/h1-2,5,8H,3-4,6-7,14H2. The highest BCUT2D eigenvalue weighted by Crippen LogP contribution is 2.31. The lowest BCUT2D eigenvalue weighted by molar-refractivity contribution is 0.0832. The van der Waals surface area contributed by atoms with Crippen LogP contribution in [0.15, 0.2) is 18.3 Å². The molecule has 0 radical (unpaired) electrons. The molecule has 3 aromatic heterocycles. The van der Waals surface area contributed by atoms with Crippen molar-refractivity contribution in [1.29, 1.82) is 0 Å². The monoisotopic (exact) mass is 302 g/mol. The number of nitrogens with zero attached hydrogens (tertiary/aromatic N) is 5. The van der Waals surface area contributed by atoms with Gasteiger partial charge in [-0.25, -0.2) is 0 Å². The van der Waals surface area contributed by atoms with Crippen molar-refractivity contribution in [3.05, 3.63) is 24.2 Å². The van der Waals surface area contributed by atoms with Crippen LogP contribution in [0.25, 0.3) is 15.7 Å². The van der Waals surface area contributed by atoms with Crippen molar-refractivity contribution in [2.24, 2.45) is 0 Å². The highest BCUT2D eigenvalue weighted by Gasteiger charge is 2.23. The van der Waals surface area contributed by atoms with E-state index in [1.165, 1.54) is 11.3 Å². The van der Waals surface area contributed by atoms with Crippen molar-refractivity contribution in [3.63, 3.8) is 0 Å². The molecule has 0 saturated carbocycles. The van der Waals surface area contributed by atoms with Crippen LogP contribution in [0.3, 0.4) is 0 Å². The molecule has 7 nitrogen and oxygen atoms in total. The Morgan fingerprint density at radius 1 is 1.29 bits per heavy atom. The maximum absolute atomic E-state index is 5.97. The van der Waals surface area contributed by atoms with Crippen molar-refractivity contribution >= 4 is 22.0 Å². The van der Waals surface area contributed by atoms with Gasteiger partial charge >= 0.3 is 0 Å². The fourth-order valence-corrected chi connectivity index (χ4v) is 3.40. The van der Waals surface area contributed by atoms with Crippen molar-refractivity contribution in [3.8, 4) is 10.7 Å². The van der Waals surface area contributed by atoms with Gasteiger partial charge in [0.1, 0.15) is 5.69 Å². The Morgan fingerprint density at radius 2 is 2.14 bits per heavy atom. The molecule has 2 N–H and O–H groups in total. The van der Waals surface area contributed by atoms with E-state index in [-0.39, 0.29) is 0 Å². The van der Waals surface area contributed by atoms with E-state index in [0.717, 1.165) is 41.8 Å². The maximum Gasteiger partial charge on any atom is 0.235 e. The van der Waals surface area contributed by atoms with Crippen LogP contribution >= 0.6 is 11.3 Å². The molecule has 21 heavy (non-hydrogen) atoms. The molecule has 1 aliphatic heterocycles. The lowest BCUT2D eigenvalue weighted by Gasteiger charge is -2.19. The second kappa shape index (κ2) is 5.05. The van der Waals surface area contributed by atoms with Crippen molar-refractivity contribution in [2.45, 2.75) is 18.8 Å². The SMILES string of the molecule is Nc1cccnc1-c1nn2c(C3CCOCC3)nnc2s1. The zero-order chi connectivity index (χ0) is 14.2. The summed E-state index contributed by atoms with van der Waals surface area (Å²) in [7, 11) is 0. The number of hydrogen-bond acceptors (Lipinski definition) is 7. The quantitative estimate of drug-likeness (QED) is 0.775. The fraction of sp³-hybridized carbons (Fsp3) is 0.385. The molecule has 108 valence electrons. The second-order valence-corrected chi connectivity index (χ2v) is 5.94. The van der Waals surface area contributed by atoms with Gasteiger partial charge in [-0.3, -0.25) is 4.98 Å². The summed E-state index contributed by atoms with van der Waals surface area (Å²) in [4.78, 5) is 5.08. The predicted molar refractivity (Wildman–Crippen MR) is 79.1 cm³/mol. The Balaban J connectivity index is 1.77. The number of pyridine rings is 1. The minimum atomic E-state index is 0.352. The molecule has 1 fully saturated rings. The minimum Gasteiger partial charge on any atom is -0.397 e. The Hall–Kier alpha value is -2.06. The number of hydrogen-bond donors (Lipinski definition) is 1. The van der Waals surface area contributed by atoms with E-state index in [4.69, 9.17) is 10.5 Å². The van der Waals surface area contributed by atoms with E-state index in [2.05, 4.69) is 20.3 Å². The number of nitrogen functional groups attached to an aromatic ring is 1. The Morgan fingerprint density at radius 3 is 2.95 bits per heavy atom. The molecule has 0 aliphatic carbocycles. The molecule has 4 heterocycles. The molecule has 1 saturated heterocycles. The first-order valence-electron chi connectivity index (χ1n) is 6.83. The lowest BCUT2D eigenvalue weighted by Crippen LogP contribution is -2.16. The highest BCUT2D eigenvalue weighted by atomic mass is 32.1. The number of anilines is 1. The Bertz CT molecular complexity index is 776. The number of rotatable bonds is 2. The predicted octanol–water partition coefficient (Wildman–Crippen LogP) is 1.72. The molecular weight excluding hydrogens is 288 g/mol. The average molecular weight is 302 g/mol. The molecule has 0 aromatic carbocycles. The number of nitrogens with two attached hydrogens (primary N) is 1. The van der Waals surface area contributed by atoms with E-state index >= 15 is 0 Å². The highest BCUT2D eigenvalue weighted by molar-refractivity contribution is 7.19. The molecule has 0 amide bonds. The van der Waals surface area contributed by atoms with Gasteiger partial charge in [-0.1, -0.05) is 11.3 Å². The van der Waals surface area contributed by atoms with E-state index in [1.54, 1.807) is 6.20 Å². The van der Waals surface area contributed by atoms with Crippen LogP contribution < -0.4 is 5.73 Å². The third-order valence-electron chi connectivity index (χ3n) is 3.64. The molecule has 1 aliphatic rings. The summed E-state index contributed by atoms with van der Waals surface area (Å²) in [5.41, 5.74) is 7.29. The van der Waals surface area contributed by atoms with Crippen LogP contribution in [0.5, 0.6) is 0 Å². The minimum absolute atomic E-state index is 0.352. The van der Waals surface area contributed by atoms with Gasteiger partial charge in [0.25, 0.3) is 0 Å². The normalized spacial score (nSPS) is 16.6. The van der Waals surface area contributed by atoms with Gasteiger partial charge in [0.05, 0.1) is 5.69 Å². The summed E-state index contributed by atoms with van der Waals surface area (Å²) in [6.45, 7) is 1.54. The Kier molecular flexibility index (Phi) is 3.04. The van der Waals surface area contributed by atoms with Gasteiger partial charge < -0.3 is 10.5 Å². The average Bonchev–Trinajstić information content (AvgIpc) is 3.08. The van der Waals surface area contributed by atoms with E-state index < -0.39 is 0 Å². The van der Waals surface area contributed by atoms with Gasteiger partial charge in [0, 0.05) is 25.3 Å². The van der Waals surface area contributed by atoms with Gasteiger partial charge in [-0.2, -0.15) is 9.61 Å². The third-order valence-corrected chi connectivity index (χ3v) is 4.55. The fourth-order valence-electron chi connectivity index (χ4n) is 2.53. The summed E-state index contributed by atoms with van der Waals surface area (Å²) in [5, 5.41) is 13.9. The summed E-state index contributed by atoms with van der Waals surface area (Å²) in [6.07, 6.45) is 3.63. The first-order valence-corrected chi connectivity index (χ1v) is 7.65. The van der Waals surface area contributed by atoms with Crippen LogP contribution in [0.4, 0.5) is 5.69 Å². The molecule has 0 spiro atoms. The molecule has 3 aromatic rings. The van der Waals surface area contributed by atoms with Crippen molar-refractivity contribution in [2.75, 3.05) is 18.9 Å². The largest absolute Gasteiger partial charge is 0.397 e. The van der Waals surface area contributed by atoms with Crippen LogP contribution in [-0.2, 0) is 4.74 Å². The molecule has 4 rings (SSSR count). The van der Waals surface area contributed by atoms with Crippen LogP contribution in [0.1, 0.15) is 24.6 Å². The molecular formula is C13H14N6OS. The molecule has 0 atom stereocenters. The molecule has 0 unspecified atom stereocenters. The topological polar surface area (TPSA) is 91.2 Å². The van der Waals surface area contributed by atoms with Crippen molar-refractivity contribution < 1.29 is 4.74 Å².